The molecule has 0 saturated carbocycles. The predicted molar refractivity (Wildman–Crippen MR) is 75.4 cm³/mol. The van der Waals surface area contributed by atoms with Crippen LogP contribution in [0.5, 0.6) is 0 Å². The van der Waals surface area contributed by atoms with E-state index in [4.69, 9.17) is 5.14 Å². The minimum atomic E-state index is -4.45. The van der Waals surface area contributed by atoms with Crippen molar-refractivity contribution in [1.82, 2.24) is 4.98 Å². The van der Waals surface area contributed by atoms with Gasteiger partial charge in [0.1, 0.15) is 4.90 Å². The van der Waals surface area contributed by atoms with Gasteiger partial charge in [-0.05, 0) is 30.2 Å². The SMILES string of the molecule is CCc1cc(-c2ccc(C(F)(F)F)cc2)c(S(N)(=O)=O)cn1. The van der Waals surface area contributed by atoms with Crippen molar-refractivity contribution in [2.24, 2.45) is 5.14 Å². The molecule has 1 heterocycles. The number of alkyl halides is 3. The highest BCUT2D eigenvalue weighted by atomic mass is 32.2. The molecule has 0 bridgehead atoms. The standard InChI is InChI=1S/C14H13F3N2O2S/c1-2-11-7-12(13(8-19-11)22(18,20)21)9-3-5-10(6-4-9)14(15,16)17/h3-8H,2H2,1H3,(H2,18,20,21). The van der Waals surface area contributed by atoms with E-state index in [0.29, 0.717) is 17.7 Å². The molecule has 8 heteroatoms. The van der Waals surface area contributed by atoms with E-state index in [9.17, 15) is 21.6 Å². The summed E-state index contributed by atoms with van der Waals surface area (Å²) >= 11 is 0. The van der Waals surface area contributed by atoms with E-state index in [1.807, 2.05) is 6.92 Å². The van der Waals surface area contributed by atoms with Gasteiger partial charge in [-0.3, -0.25) is 4.98 Å². The Balaban J connectivity index is 2.60. The second kappa shape index (κ2) is 5.69. The molecule has 1 aromatic heterocycles. The minimum Gasteiger partial charge on any atom is -0.260 e. The molecule has 1 aromatic carbocycles. The van der Waals surface area contributed by atoms with Gasteiger partial charge in [-0.25, -0.2) is 13.6 Å². The third kappa shape index (κ3) is 3.45. The fraction of sp³-hybridized carbons (Fsp3) is 0.214. The number of pyridine rings is 1. The van der Waals surface area contributed by atoms with Gasteiger partial charge in [0.25, 0.3) is 0 Å². The van der Waals surface area contributed by atoms with E-state index in [-0.39, 0.29) is 10.5 Å². The summed E-state index contributed by atoms with van der Waals surface area (Å²) in [6.45, 7) is 1.83. The third-order valence-electron chi connectivity index (χ3n) is 3.12. The van der Waals surface area contributed by atoms with E-state index >= 15 is 0 Å². The Labute approximate surface area is 125 Å². The lowest BCUT2D eigenvalue weighted by Crippen LogP contribution is -2.14. The van der Waals surface area contributed by atoms with Crippen LogP contribution in [0.4, 0.5) is 13.2 Å². The minimum absolute atomic E-state index is 0.218. The first kappa shape index (κ1) is 16.4. The van der Waals surface area contributed by atoms with Crippen molar-refractivity contribution in [2.45, 2.75) is 24.4 Å². The molecular formula is C14H13F3N2O2S. The van der Waals surface area contributed by atoms with Gasteiger partial charge in [-0.2, -0.15) is 13.2 Å². The number of aryl methyl sites for hydroxylation is 1. The maximum absolute atomic E-state index is 12.6. The van der Waals surface area contributed by atoms with E-state index in [0.717, 1.165) is 18.3 Å². The Hall–Kier alpha value is -1.93. The normalized spacial score (nSPS) is 12.4. The molecule has 0 fully saturated rings. The van der Waals surface area contributed by atoms with Gasteiger partial charge in [0, 0.05) is 17.5 Å². The molecule has 0 radical (unpaired) electrons. The Morgan fingerprint density at radius 1 is 1.18 bits per heavy atom. The van der Waals surface area contributed by atoms with Gasteiger partial charge in [0.15, 0.2) is 0 Å². The first-order valence-corrected chi connectivity index (χ1v) is 7.87. The summed E-state index contributed by atoms with van der Waals surface area (Å²) in [5, 5.41) is 5.14. The highest BCUT2D eigenvalue weighted by Gasteiger charge is 2.30. The van der Waals surface area contributed by atoms with Crippen molar-refractivity contribution in [3.63, 3.8) is 0 Å². The summed E-state index contributed by atoms with van der Waals surface area (Å²) < 4.78 is 61.0. The van der Waals surface area contributed by atoms with Gasteiger partial charge in [-0.15, -0.1) is 0 Å². The number of aromatic nitrogens is 1. The molecule has 22 heavy (non-hydrogen) atoms. The molecular weight excluding hydrogens is 317 g/mol. The Morgan fingerprint density at radius 2 is 1.77 bits per heavy atom. The van der Waals surface area contributed by atoms with Crippen molar-refractivity contribution in [1.29, 1.82) is 0 Å². The molecule has 0 unspecified atom stereocenters. The van der Waals surface area contributed by atoms with Crippen LogP contribution in [0.25, 0.3) is 11.1 Å². The molecule has 2 rings (SSSR count). The fourth-order valence-corrected chi connectivity index (χ4v) is 2.65. The zero-order valence-corrected chi connectivity index (χ0v) is 12.4. The van der Waals surface area contributed by atoms with Crippen LogP contribution in [-0.2, 0) is 22.6 Å². The molecule has 0 aliphatic heterocycles. The largest absolute Gasteiger partial charge is 0.416 e. The second-order valence-electron chi connectivity index (χ2n) is 4.65. The summed E-state index contributed by atoms with van der Waals surface area (Å²) in [7, 11) is -4.03. The molecule has 2 N–H and O–H groups in total. The molecule has 2 aromatic rings. The summed E-state index contributed by atoms with van der Waals surface area (Å²) in [4.78, 5) is 3.75. The quantitative estimate of drug-likeness (QED) is 0.940. The van der Waals surface area contributed by atoms with Crippen LogP contribution < -0.4 is 5.14 Å². The van der Waals surface area contributed by atoms with Crippen LogP contribution in [0.15, 0.2) is 41.4 Å². The molecule has 0 aliphatic carbocycles. The number of benzene rings is 1. The van der Waals surface area contributed by atoms with E-state index < -0.39 is 21.8 Å². The number of halogens is 3. The van der Waals surface area contributed by atoms with Crippen LogP contribution in [0.1, 0.15) is 18.2 Å². The molecule has 0 amide bonds. The molecule has 118 valence electrons. The van der Waals surface area contributed by atoms with Gasteiger partial charge in [0.05, 0.1) is 5.56 Å². The third-order valence-corrected chi connectivity index (χ3v) is 4.05. The molecule has 4 nitrogen and oxygen atoms in total. The average molecular weight is 330 g/mol. The van der Waals surface area contributed by atoms with E-state index in [2.05, 4.69) is 4.98 Å². The van der Waals surface area contributed by atoms with Crippen molar-refractivity contribution in [2.75, 3.05) is 0 Å². The zero-order valence-electron chi connectivity index (χ0n) is 11.6. The Bertz CT molecular complexity index is 785. The number of rotatable bonds is 3. The Morgan fingerprint density at radius 3 is 2.23 bits per heavy atom. The van der Waals surface area contributed by atoms with Gasteiger partial charge in [0.2, 0.25) is 10.0 Å². The van der Waals surface area contributed by atoms with Crippen LogP contribution in [0.2, 0.25) is 0 Å². The number of sulfonamides is 1. The van der Waals surface area contributed by atoms with Crippen molar-refractivity contribution < 1.29 is 21.6 Å². The van der Waals surface area contributed by atoms with E-state index in [1.54, 1.807) is 0 Å². The monoisotopic (exact) mass is 330 g/mol. The number of hydrogen-bond acceptors (Lipinski definition) is 3. The average Bonchev–Trinajstić information content (AvgIpc) is 2.45. The highest BCUT2D eigenvalue weighted by Crippen LogP contribution is 2.32. The van der Waals surface area contributed by atoms with Crippen LogP contribution in [0.3, 0.4) is 0 Å². The van der Waals surface area contributed by atoms with Gasteiger partial charge < -0.3 is 0 Å². The van der Waals surface area contributed by atoms with E-state index in [1.165, 1.54) is 18.2 Å². The molecule has 0 atom stereocenters. The van der Waals surface area contributed by atoms with Gasteiger partial charge >= 0.3 is 6.18 Å². The van der Waals surface area contributed by atoms with Crippen molar-refractivity contribution in [3.05, 3.63) is 47.8 Å². The molecule has 0 aliphatic rings. The molecule has 0 saturated heterocycles. The predicted octanol–water partition coefficient (Wildman–Crippen LogP) is 2.98. The lowest BCUT2D eigenvalue weighted by molar-refractivity contribution is -0.137. The second-order valence-corrected chi connectivity index (χ2v) is 6.18. The lowest BCUT2D eigenvalue weighted by atomic mass is 10.0. The lowest BCUT2D eigenvalue weighted by Gasteiger charge is -2.11. The Kier molecular flexibility index (Phi) is 4.25. The highest BCUT2D eigenvalue weighted by molar-refractivity contribution is 7.89. The molecule has 0 spiro atoms. The summed E-state index contributed by atoms with van der Waals surface area (Å²) in [6, 6.07) is 5.74. The smallest absolute Gasteiger partial charge is 0.260 e. The van der Waals surface area contributed by atoms with Crippen LogP contribution in [0, 0.1) is 0 Å². The number of nitrogens with two attached hydrogens (primary N) is 1. The maximum Gasteiger partial charge on any atom is 0.416 e. The first-order valence-electron chi connectivity index (χ1n) is 6.32. The van der Waals surface area contributed by atoms with Crippen molar-refractivity contribution >= 4 is 10.0 Å². The number of hydrogen-bond donors (Lipinski definition) is 1. The van der Waals surface area contributed by atoms with Crippen LogP contribution >= 0.6 is 0 Å². The van der Waals surface area contributed by atoms with Crippen molar-refractivity contribution in [3.8, 4) is 11.1 Å². The van der Waals surface area contributed by atoms with Gasteiger partial charge in [-0.1, -0.05) is 19.1 Å². The zero-order chi connectivity index (χ0) is 16.5. The number of primary sulfonamides is 1. The summed E-state index contributed by atoms with van der Waals surface area (Å²) in [5.74, 6) is 0. The summed E-state index contributed by atoms with van der Waals surface area (Å²) in [5.41, 5.74) is 0.373. The first-order chi connectivity index (χ1) is 10.1. The topological polar surface area (TPSA) is 73.1 Å². The fourth-order valence-electron chi connectivity index (χ4n) is 1.97. The number of nitrogens with zero attached hydrogens (tertiary/aromatic N) is 1. The maximum atomic E-state index is 12.6. The summed E-state index contributed by atoms with van der Waals surface area (Å²) in [6.07, 6.45) is -2.77. The van der Waals surface area contributed by atoms with Crippen LogP contribution in [-0.4, -0.2) is 13.4 Å².